The third-order valence-corrected chi connectivity index (χ3v) is 5.67. The van der Waals surface area contributed by atoms with Gasteiger partial charge in [0.15, 0.2) is 4.34 Å². The predicted molar refractivity (Wildman–Crippen MR) is 82.2 cm³/mol. The summed E-state index contributed by atoms with van der Waals surface area (Å²) in [6.07, 6.45) is 1.90. The Morgan fingerprint density at radius 3 is 3.15 bits per heavy atom. The van der Waals surface area contributed by atoms with Gasteiger partial charge in [0.1, 0.15) is 0 Å². The Hall–Kier alpha value is -1.11. The Bertz CT molecular complexity index is 581. The van der Waals surface area contributed by atoms with Crippen molar-refractivity contribution in [3.05, 3.63) is 24.3 Å². The number of hydrogen-bond acceptors (Lipinski definition) is 5. The molecule has 1 aliphatic heterocycles. The van der Waals surface area contributed by atoms with E-state index in [1.54, 1.807) is 16.2 Å². The molecule has 1 aromatic carbocycles. The lowest BCUT2D eigenvalue weighted by Crippen LogP contribution is -2.38. The molecule has 1 saturated heterocycles. The molecule has 1 aliphatic rings. The molecular weight excluding hydrogens is 292 g/mol. The van der Waals surface area contributed by atoms with Crippen molar-refractivity contribution in [3.63, 3.8) is 0 Å². The van der Waals surface area contributed by atoms with Gasteiger partial charge in [0.2, 0.25) is 5.91 Å². The van der Waals surface area contributed by atoms with Crippen molar-refractivity contribution in [3.8, 4) is 0 Å². The van der Waals surface area contributed by atoms with E-state index >= 15 is 0 Å². The van der Waals surface area contributed by atoms with Crippen molar-refractivity contribution in [1.29, 1.82) is 0 Å². The number of amides is 1. The van der Waals surface area contributed by atoms with Crippen LogP contribution < -0.4 is 0 Å². The van der Waals surface area contributed by atoms with Crippen molar-refractivity contribution < 1.29 is 9.90 Å². The zero-order valence-corrected chi connectivity index (χ0v) is 12.6. The number of rotatable bonds is 4. The Morgan fingerprint density at radius 2 is 2.35 bits per heavy atom. The number of aromatic nitrogens is 1. The van der Waals surface area contributed by atoms with Crippen molar-refractivity contribution in [1.82, 2.24) is 9.88 Å². The largest absolute Gasteiger partial charge is 0.394 e. The summed E-state index contributed by atoms with van der Waals surface area (Å²) in [7, 11) is 0. The lowest BCUT2D eigenvalue weighted by Gasteiger charge is -2.22. The van der Waals surface area contributed by atoms with E-state index in [1.807, 2.05) is 24.3 Å². The predicted octanol–water partition coefficient (Wildman–Crippen LogP) is 2.37. The highest BCUT2D eigenvalue weighted by Gasteiger charge is 2.27. The maximum absolute atomic E-state index is 12.2. The molecule has 0 spiro atoms. The average Bonchev–Trinajstić information content (AvgIpc) is 3.10. The van der Waals surface area contributed by atoms with Crippen LogP contribution >= 0.6 is 23.1 Å². The van der Waals surface area contributed by atoms with E-state index in [1.165, 1.54) is 11.8 Å². The molecule has 1 aromatic heterocycles. The van der Waals surface area contributed by atoms with Gasteiger partial charge in [-0.1, -0.05) is 23.9 Å². The molecule has 1 N–H and O–H groups in total. The molecule has 20 heavy (non-hydrogen) atoms. The van der Waals surface area contributed by atoms with Crippen LogP contribution in [-0.4, -0.2) is 45.8 Å². The summed E-state index contributed by atoms with van der Waals surface area (Å²) in [4.78, 5) is 18.5. The molecule has 1 atom stereocenters. The van der Waals surface area contributed by atoms with Crippen LogP contribution in [0.4, 0.5) is 0 Å². The molecule has 6 heteroatoms. The van der Waals surface area contributed by atoms with E-state index < -0.39 is 0 Å². The number of para-hydroxylation sites is 1. The number of carbonyl (C=O) groups is 1. The van der Waals surface area contributed by atoms with Crippen LogP contribution in [0.25, 0.3) is 10.2 Å². The van der Waals surface area contributed by atoms with Crippen molar-refractivity contribution in [2.24, 2.45) is 0 Å². The summed E-state index contributed by atoms with van der Waals surface area (Å²) in [6.45, 7) is 0.835. The summed E-state index contributed by atoms with van der Waals surface area (Å²) in [6, 6.07) is 8.01. The van der Waals surface area contributed by atoms with E-state index in [2.05, 4.69) is 4.98 Å². The summed E-state index contributed by atoms with van der Waals surface area (Å²) in [5.41, 5.74) is 0.988. The second kappa shape index (κ2) is 6.11. The smallest absolute Gasteiger partial charge is 0.233 e. The minimum absolute atomic E-state index is 0.0125. The van der Waals surface area contributed by atoms with E-state index in [0.717, 1.165) is 33.9 Å². The third kappa shape index (κ3) is 2.82. The standard InChI is InChI=1S/C14H16N2O2S2/c17-8-10-4-3-7-16(10)13(18)9-19-14-15-11-5-1-2-6-12(11)20-14/h1-2,5-6,10,17H,3-4,7-9H2/t10-/m1/s1. The van der Waals surface area contributed by atoms with Crippen LogP contribution in [0.3, 0.4) is 0 Å². The maximum Gasteiger partial charge on any atom is 0.233 e. The topological polar surface area (TPSA) is 53.4 Å². The molecule has 1 fully saturated rings. The van der Waals surface area contributed by atoms with Gasteiger partial charge in [-0.05, 0) is 25.0 Å². The van der Waals surface area contributed by atoms with Crippen LogP contribution in [0.5, 0.6) is 0 Å². The molecule has 106 valence electrons. The summed E-state index contributed by atoms with van der Waals surface area (Å²) < 4.78 is 2.08. The fourth-order valence-corrected chi connectivity index (χ4v) is 4.43. The molecule has 3 rings (SSSR count). The monoisotopic (exact) mass is 308 g/mol. The molecule has 1 amide bonds. The van der Waals surface area contributed by atoms with Gasteiger partial charge in [0.25, 0.3) is 0 Å². The van der Waals surface area contributed by atoms with Gasteiger partial charge in [-0.25, -0.2) is 4.98 Å². The number of thiazole rings is 1. The second-order valence-electron chi connectivity index (χ2n) is 4.80. The molecule has 0 aliphatic carbocycles. The first-order valence-electron chi connectivity index (χ1n) is 6.66. The molecular formula is C14H16N2O2S2. The van der Waals surface area contributed by atoms with Crippen molar-refractivity contribution in [2.45, 2.75) is 23.2 Å². The summed E-state index contributed by atoms with van der Waals surface area (Å²) in [5, 5.41) is 9.25. The SMILES string of the molecule is O=C(CSc1nc2ccccc2s1)N1CCC[C@@H]1CO. The van der Waals surface area contributed by atoms with Gasteiger partial charge in [-0.3, -0.25) is 4.79 Å². The van der Waals surface area contributed by atoms with Gasteiger partial charge >= 0.3 is 0 Å². The number of nitrogens with zero attached hydrogens (tertiary/aromatic N) is 2. The second-order valence-corrected chi connectivity index (χ2v) is 7.06. The Balaban J connectivity index is 1.62. The summed E-state index contributed by atoms with van der Waals surface area (Å²) in [5.74, 6) is 0.502. The van der Waals surface area contributed by atoms with Crippen LogP contribution in [0.15, 0.2) is 28.6 Å². The van der Waals surface area contributed by atoms with Crippen molar-refractivity contribution >= 4 is 39.2 Å². The Morgan fingerprint density at radius 1 is 1.50 bits per heavy atom. The molecule has 2 aromatic rings. The van der Waals surface area contributed by atoms with Gasteiger partial charge in [-0.15, -0.1) is 11.3 Å². The van der Waals surface area contributed by atoms with Gasteiger partial charge < -0.3 is 10.0 Å². The van der Waals surface area contributed by atoms with E-state index in [9.17, 15) is 9.90 Å². The van der Waals surface area contributed by atoms with Crippen LogP contribution in [0, 0.1) is 0 Å². The van der Waals surface area contributed by atoms with Gasteiger partial charge in [0.05, 0.1) is 28.6 Å². The Kier molecular flexibility index (Phi) is 4.24. The minimum atomic E-state index is 0.0125. The number of likely N-dealkylation sites (tertiary alicyclic amines) is 1. The zero-order valence-electron chi connectivity index (χ0n) is 11.0. The van der Waals surface area contributed by atoms with Gasteiger partial charge in [0, 0.05) is 6.54 Å². The maximum atomic E-state index is 12.2. The molecule has 4 nitrogen and oxygen atoms in total. The third-order valence-electron chi connectivity index (χ3n) is 3.50. The quantitative estimate of drug-likeness (QED) is 0.881. The lowest BCUT2D eigenvalue weighted by atomic mass is 10.2. The highest BCUT2D eigenvalue weighted by molar-refractivity contribution is 8.01. The number of hydrogen-bond donors (Lipinski definition) is 1. The highest BCUT2D eigenvalue weighted by Crippen LogP contribution is 2.30. The van der Waals surface area contributed by atoms with Crippen LogP contribution in [0.1, 0.15) is 12.8 Å². The fraction of sp³-hybridized carbons (Fsp3) is 0.429. The molecule has 0 saturated carbocycles. The number of aliphatic hydroxyl groups is 1. The van der Waals surface area contributed by atoms with Gasteiger partial charge in [-0.2, -0.15) is 0 Å². The molecule has 2 heterocycles. The normalized spacial score (nSPS) is 18.9. The number of carbonyl (C=O) groups excluding carboxylic acids is 1. The first-order chi connectivity index (χ1) is 9.78. The first kappa shape index (κ1) is 13.9. The number of fused-ring (bicyclic) bond motifs is 1. The first-order valence-corrected chi connectivity index (χ1v) is 8.47. The molecule has 0 unspecified atom stereocenters. The van der Waals surface area contributed by atoms with E-state index in [0.29, 0.717) is 5.75 Å². The molecule has 0 bridgehead atoms. The number of aliphatic hydroxyl groups excluding tert-OH is 1. The fourth-order valence-electron chi connectivity index (χ4n) is 2.47. The zero-order chi connectivity index (χ0) is 13.9. The number of benzene rings is 1. The molecule has 0 radical (unpaired) electrons. The summed E-state index contributed by atoms with van der Waals surface area (Å²) >= 11 is 3.11. The number of thioether (sulfide) groups is 1. The average molecular weight is 308 g/mol. The van der Waals surface area contributed by atoms with E-state index in [-0.39, 0.29) is 18.6 Å². The highest BCUT2D eigenvalue weighted by atomic mass is 32.2. The van der Waals surface area contributed by atoms with Crippen LogP contribution in [0.2, 0.25) is 0 Å². The minimum Gasteiger partial charge on any atom is -0.394 e. The Labute approximate surface area is 125 Å². The lowest BCUT2D eigenvalue weighted by molar-refractivity contribution is -0.129. The van der Waals surface area contributed by atoms with Crippen LogP contribution in [-0.2, 0) is 4.79 Å². The van der Waals surface area contributed by atoms with Crippen molar-refractivity contribution in [2.75, 3.05) is 18.9 Å². The van der Waals surface area contributed by atoms with E-state index in [4.69, 9.17) is 0 Å².